The first-order valence-corrected chi connectivity index (χ1v) is 9.72. The topological polar surface area (TPSA) is 73.1 Å². The number of hydrogen-bond acceptors (Lipinski definition) is 5. The first-order valence-electron chi connectivity index (χ1n) is 9.34. The molecule has 3 aromatic rings. The Bertz CT molecular complexity index is 1090. The van der Waals surface area contributed by atoms with E-state index in [9.17, 15) is 4.79 Å². The predicted molar refractivity (Wildman–Crippen MR) is 118 cm³/mol. The second-order valence-corrected chi connectivity index (χ2v) is 7.19. The Labute approximate surface area is 180 Å². The van der Waals surface area contributed by atoms with Crippen LogP contribution in [0.5, 0.6) is 11.5 Å². The summed E-state index contributed by atoms with van der Waals surface area (Å²) < 4.78 is 16.5. The van der Waals surface area contributed by atoms with Gasteiger partial charge >= 0.3 is 0 Å². The molecule has 0 saturated carbocycles. The molecule has 0 bridgehead atoms. The number of carbonyl (C=O) groups excluding carboxylic acids is 1. The highest BCUT2D eigenvalue weighted by atomic mass is 35.5. The van der Waals surface area contributed by atoms with Crippen LogP contribution in [0.25, 0.3) is 11.3 Å². The van der Waals surface area contributed by atoms with Crippen molar-refractivity contribution in [2.24, 2.45) is 5.10 Å². The van der Waals surface area contributed by atoms with Crippen LogP contribution in [-0.2, 0) is 4.79 Å². The number of amides is 1. The number of rotatable bonds is 7. The molecule has 1 aromatic heterocycles. The van der Waals surface area contributed by atoms with E-state index in [-0.39, 0.29) is 12.5 Å². The number of nitrogens with zero attached hydrogens (tertiary/aromatic N) is 1. The zero-order valence-corrected chi connectivity index (χ0v) is 18.0. The van der Waals surface area contributed by atoms with E-state index in [2.05, 4.69) is 10.5 Å². The minimum absolute atomic E-state index is 0.129. The van der Waals surface area contributed by atoms with Gasteiger partial charge in [0.2, 0.25) is 0 Å². The molecule has 1 amide bonds. The highest BCUT2D eigenvalue weighted by Gasteiger charge is 2.10. The third-order valence-electron chi connectivity index (χ3n) is 4.67. The molecule has 0 atom stereocenters. The SMILES string of the molecule is COc1ccc(-c2ccc(/C=N/NC(=O)COc3c(C)ccc(C)c3C)o2)cc1Cl. The fraction of sp³-hybridized carbons (Fsp3) is 0.217. The average Bonchev–Trinajstić information content (AvgIpc) is 3.19. The number of hydrogen-bond donors (Lipinski definition) is 1. The average molecular weight is 427 g/mol. The lowest BCUT2D eigenvalue weighted by Crippen LogP contribution is -2.25. The van der Waals surface area contributed by atoms with Gasteiger partial charge in [-0.2, -0.15) is 5.10 Å². The van der Waals surface area contributed by atoms with Crippen LogP contribution in [0.2, 0.25) is 5.02 Å². The molecule has 0 unspecified atom stereocenters. The van der Waals surface area contributed by atoms with Crippen LogP contribution in [0.3, 0.4) is 0 Å². The molecule has 0 aliphatic heterocycles. The van der Waals surface area contributed by atoms with E-state index in [1.807, 2.05) is 39.0 Å². The molecule has 2 aromatic carbocycles. The molecule has 30 heavy (non-hydrogen) atoms. The fourth-order valence-corrected chi connectivity index (χ4v) is 3.14. The summed E-state index contributed by atoms with van der Waals surface area (Å²) in [5.74, 6) is 2.07. The summed E-state index contributed by atoms with van der Waals surface area (Å²) in [6, 6.07) is 12.9. The lowest BCUT2D eigenvalue weighted by molar-refractivity contribution is -0.123. The zero-order valence-electron chi connectivity index (χ0n) is 17.3. The minimum Gasteiger partial charge on any atom is -0.495 e. The van der Waals surface area contributed by atoms with E-state index in [0.717, 1.165) is 28.0 Å². The van der Waals surface area contributed by atoms with Crippen molar-refractivity contribution >= 4 is 23.7 Å². The number of carbonyl (C=O) groups is 1. The van der Waals surface area contributed by atoms with Gasteiger partial charge in [-0.3, -0.25) is 4.79 Å². The van der Waals surface area contributed by atoms with Crippen LogP contribution in [0.15, 0.2) is 52.0 Å². The second-order valence-electron chi connectivity index (χ2n) is 6.79. The number of hydrazone groups is 1. The summed E-state index contributed by atoms with van der Waals surface area (Å²) >= 11 is 6.15. The highest BCUT2D eigenvalue weighted by molar-refractivity contribution is 6.32. The van der Waals surface area contributed by atoms with Gasteiger partial charge in [0, 0.05) is 5.56 Å². The number of ether oxygens (including phenoxy) is 2. The van der Waals surface area contributed by atoms with E-state index in [4.69, 9.17) is 25.5 Å². The molecule has 0 radical (unpaired) electrons. The Morgan fingerprint density at radius 3 is 2.63 bits per heavy atom. The number of nitrogens with one attached hydrogen (secondary N) is 1. The van der Waals surface area contributed by atoms with Crippen molar-refractivity contribution in [3.63, 3.8) is 0 Å². The van der Waals surface area contributed by atoms with Crippen molar-refractivity contribution in [1.29, 1.82) is 0 Å². The second kappa shape index (κ2) is 9.50. The van der Waals surface area contributed by atoms with Crippen LogP contribution < -0.4 is 14.9 Å². The Kier molecular flexibility index (Phi) is 6.79. The number of benzene rings is 2. The molecule has 7 heteroatoms. The number of aryl methyl sites for hydroxylation is 2. The van der Waals surface area contributed by atoms with Gasteiger partial charge in [-0.1, -0.05) is 23.7 Å². The third-order valence-corrected chi connectivity index (χ3v) is 4.96. The van der Waals surface area contributed by atoms with Crippen LogP contribution in [0.4, 0.5) is 0 Å². The lowest BCUT2D eigenvalue weighted by atomic mass is 10.1. The van der Waals surface area contributed by atoms with Gasteiger partial charge in [-0.05, 0) is 67.8 Å². The van der Waals surface area contributed by atoms with Gasteiger partial charge in [-0.25, -0.2) is 5.43 Å². The summed E-state index contributed by atoms with van der Waals surface area (Å²) in [5.41, 5.74) is 6.36. The summed E-state index contributed by atoms with van der Waals surface area (Å²) in [7, 11) is 1.56. The molecule has 6 nitrogen and oxygen atoms in total. The van der Waals surface area contributed by atoms with E-state index in [1.165, 1.54) is 6.21 Å². The molecule has 0 fully saturated rings. The van der Waals surface area contributed by atoms with E-state index in [1.54, 1.807) is 31.4 Å². The summed E-state index contributed by atoms with van der Waals surface area (Å²) in [5, 5.41) is 4.42. The van der Waals surface area contributed by atoms with Crippen molar-refractivity contribution in [3.8, 4) is 22.8 Å². The summed E-state index contributed by atoms with van der Waals surface area (Å²) in [4.78, 5) is 12.0. The third kappa shape index (κ3) is 5.02. The quantitative estimate of drug-likeness (QED) is 0.423. The summed E-state index contributed by atoms with van der Waals surface area (Å²) in [6.45, 7) is 5.79. The van der Waals surface area contributed by atoms with E-state index in [0.29, 0.717) is 22.3 Å². The van der Waals surface area contributed by atoms with Gasteiger partial charge in [0.1, 0.15) is 23.0 Å². The molecular formula is C23H23ClN2O4. The van der Waals surface area contributed by atoms with E-state index < -0.39 is 0 Å². The predicted octanol–water partition coefficient (Wildman–Crippen LogP) is 5.06. The van der Waals surface area contributed by atoms with Crippen molar-refractivity contribution in [2.75, 3.05) is 13.7 Å². The Morgan fingerprint density at radius 2 is 1.90 bits per heavy atom. The van der Waals surface area contributed by atoms with Crippen LogP contribution in [0.1, 0.15) is 22.5 Å². The molecular weight excluding hydrogens is 404 g/mol. The van der Waals surface area contributed by atoms with Crippen LogP contribution in [0, 0.1) is 20.8 Å². The molecule has 156 valence electrons. The molecule has 1 heterocycles. The highest BCUT2D eigenvalue weighted by Crippen LogP contribution is 2.31. The smallest absolute Gasteiger partial charge is 0.277 e. The molecule has 0 saturated heterocycles. The molecule has 0 aliphatic rings. The maximum Gasteiger partial charge on any atom is 0.277 e. The van der Waals surface area contributed by atoms with Crippen molar-refractivity contribution in [1.82, 2.24) is 5.43 Å². The normalized spacial score (nSPS) is 11.0. The number of halogens is 1. The van der Waals surface area contributed by atoms with Crippen LogP contribution >= 0.6 is 11.6 Å². The van der Waals surface area contributed by atoms with Crippen molar-refractivity contribution in [2.45, 2.75) is 20.8 Å². The molecule has 0 aliphatic carbocycles. The van der Waals surface area contributed by atoms with Gasteiger partial charge in [0.05, 0.1) is 18.3 Å². The molecule has 0 spiro atoms. The zero-order chi connectivity index (χ0) is 21.7. The Balaban J connectivity index is 1.57. The van der Waals surface area contributed by atoms with Gasteiger partial charge in [0.15, 0.2) is 6.61 Å². The number of furan rings is 1. The molecule has 3 rings (SSSR count). The van der Waals surface area contributed by atoms with Gasteiger partial charge in [0.25, 0.3) is 5.91 Å². The van der Waals surface area contributed by atoms with Gasteiger partial charge < -0.3 is 13.9 Å². The maximum atomic E-state index is 12.0. The Morgan fingerprint density at radius 1 is 1.13 bits per heavy atom. The fourth-order valence-electron chi connectivity index (χ4n) is 2.88. The first-order chi connectivity index (χ1) is 14.4. The summed E-state index contributed by atoms with van der Waals surface area (Å²) in [6.07, 6.45) is 1.43. The maximum absolute atomic E-state index is 12.0. The van der Waals surface area contributed by atoms with Gasteiger partial charge in [-0.15, -0.1) is 0 Å². The Hall–Kier alpha value is -3.25. The van der Waals surface area contributed by atoms with E-state index >= 15 is 0 Å². The standard InChI is InChI=1S/C23H23ClN2O4/c1-14-5-6-15(2)23(16(14)3)29-13-22(27)26-25-12-18-8-10-20(30-18)17-7-9-21(28-4)19(24)11-17/h5-12H,13H2,1-4H3,(H,26,27)/b25-12+. The van der Waals surface area contributed by atoms with Crippen molar-refractivity contribution < 1.29 is 18.7 Å². The monoisotopic (exact) mass is 426 g/mol. The largest absolute Gasteiger partial charge is 0.495 e. The lowest BCUT2D eigenvalue weighted by Gasteiger charge is -2.13. The van der Waals surface area contributed by atoms with Crippen molar-refractivity contribution in [3.05, 3.63) is 69.9 Å². The van der Waals surface area contributed by atoms with Crippen LogP contribution in [-0.4, -0.2) is 25.8 Å². The first kappa shape index (κ1) is 21.5. The molecule has 1 N–H and O–H groups in total. The number of methoxy groups -OCH3 is 1. The minimum atomic E-state index is -0.361.